The van der Waals surface area contributed by atoms with E-state index in [0.717, 1.165) is 0 Å². The molecule has 3 atom stereocenters. The molecule has 0 saturated carbocycles. The van der Waals surface area contributed by atoms with Gasteiger partial charge >= 0.3 is 0 Å². The molecule has 1 aromatic carbocycles. The zero-order valence-corrected chi connectivity index (χ0v) is 17.4. The number of amides is 3. The van der Waals surface area contributed by atoms with Crippen molar-refractivity contribution in [3.8, 4) is 0 Å². The van der Waals surface area contributed by atoms with Crippen molar-refractivity contribution >= 4 is 24.0 Å². The number of benzene rings is 1. The lowest BCUT2D eigenvalue weighted by Crippen LogP contribution is -2.58. The Morgan fingerprint density at radius 2 is 1.46 bits per heavy atom. The zero-order chi connectivity index (χ0) is 21.5. The molecule has 28 heavy (non-hydrogen) atoms. The van der Waals surface area contributed by atoms with Crippen molar-refractivity contribution in [2.45, 2.75) is 59.7 Å². The molecule has 0 saturated heterocycles. The Balaban J connectivity index is 2.83. The Bertz CT molecular complexity index is 695. The molecule has 0 fully saturated rings. The maximum absolute atomic E-state index is 12.8. The van der Waals surface area contributed by atoms with Crippen molar-refractivity contribution in [1.82, 2.24) is 16.0 Å². The lowest BCUT2D eigenvalue weighted by atomic mass is 9.85. The highest BCUT2D eigenvalue weighted by molar-refractivity contribution is 5.98. The van der Waals surface area contributed by atoms with E-state index in [2.05, 4.69) is 16.0 Å². The largest absolute Gasteiger partial charge is 0.345 e. The van der Waals surface area contributed by atoms with Crippen LogP contribution in [0.15, 0.2) is 30.3 Å². The standard InChI is InChI=1S/C21H31N3O4/c1-13(2)16(12-25)23-18(26)14(3)22-20(28)17(21(4,5)6)24-19(27)15-10-8-7-9-11-15/h7-14,16-17H,1-6H3,(H,22,28)(H,23,26)(H,24,27)/t14-,16-,17+/m0/s1. The lowest BCUT2D eigenvalue weighted by molar-refractivity contribution is -0.131. The zero-order valence-electron chi connectivity index (χ0n) is 17.4. The third kappa shape index (κ3) is 6.79. The smallest absolute Gasteiger partial charge is 0.251 e. The maximum atomic E-state index is 12.8. The highest BCUT2D eigenvalue weighted by Crippen LogP contribution is 2.20. The normalized spacial score (nSPS) is 14.5. The number of carbonyl (C=O) groups is 4. The maximum Gasteiger partial charge on any atom is 0.251 e. The number of carbonyl (C=O) groups excluding carboxylic acids is 4. The second kappa shape index (κ2) is 10.0. The summed E-state index contributed by atoms with van der Waals surface area (Å²) in [6, 6.07) is 6.28. The molecule has 0 radical (unpaired) electrons. The van der Waals surface area contributed by atoms with Gasteiger partial charge in [-0.2, -0.15) is 0 Å². The first kappa shape index (κ1) is 23.3. The minimum absolute atomic E-state index is 0.0585. The van der Waals surface area contributed by atoms with E-state index < -0.39 is 35.4 Å². The van der Waals surface area contributed by atoms with E-state index in [1.54, 1.807) is 30.3 Å². The van der Waals surface area contributed by atoms with E-state index in [-0.39, 0.29) is 11.8 Å². The molecule has 0 aliphatic rings. The molecule has 1 aromatic rings. The van der Waals surface area contributed by atoms with E-state index in [1.165, 1.54) is 6.92 Å². The van der Waals surface area contributed by atoms with E-state index in [9.17, 15) is 19.2 Å². The van der Waals surface area contributed by atoms with Crippen LogP contribution >= 0.6 is 0 Å². The fraction of sp³-hybridized carbons (Fsp3) is 0.524. The molecule has 154 valence electrons. The van der Waals surface area contributed by atoms with Crippen molar-refractivity contribution in [2.75, 3.05) is 0 Å². The van der Waals surface area contributed by atoms with Crippen LogP contribution in [0.3, 0.4) is 0 Å². The summed E-state index contributed by atoms with van der Waals surface area (Å²) in [6.07, 6.45) is 0.676. The highest BCUT2D eigenvalue weighted by atomic mass is 16.2. The second-order valence-electron chi connectivity index (χ2n) is 8.28. The third-order valence-corrected chi connectivity index (χ3v) is 4.37. The van der Waals surface area contributed by atoms with Crippen LogP contribution in [0.5, 0.6) is 0 Å². The van der Waals surface area contributed by atoms with Crippen LogP contribution in [0, 0.1) is 11.3 Å². The van der Waals surface area contributed by atoms with Gasteiger partial charge in [-0.1, -0.05) is 52.8 Å². The number of hydrogen-bond acceptors (Lipinski definition) is 4. The monoisotopic (exact) mass is 389 g/mol. The van der Waals surface area contributed by atoms with Crippen LogP contribution in [-0.2, 0) is 14.4 Å². The Labute approximate surface area is 166 Å². The summed E-state index contributed by atoms with van der Waals surface area (Å²) in [5, 5.41) is 7.99. The van der Waals surface area contributed by atoms with E-state index in [4.69, 9.17) is 0 Å². The average molecular weight is 389 g/mol. The molecule has 0 bridgehead atoms. The summed E-state index contributed by atoms with van der Waals surface area (Å²) < 4.78 is 0. The molecule has 7 heteroatoms. The molecular weight excluding hydrogens is 358 g/mol. The first-order valence-electron chi connectivity index (χ1n) is 9.39. The minimum Gasteiger partial charge on any atom is -0.345 e. The van der Waals surface area contributed by atoms with Crippen molar-refractivity contribution in [3.05, 3.63) is 35.9 Å². The summed E-state index contributed by atoms with van der Waals surface area (Å²) in [7, 11) is 0. The van der Waals surface area contributed by atoms with Gasteiger partial charge in [-0.3, -0.25) is 14.4 Å². The Hall–Kier alpha value is -2.70. The van der Waals surface area contributed by atoms with Crippen LogP contribution in [0.25, 0.3) is 0 Å². The summed E-state index contributed by atoms with van der Waals surface area (Å²) in [4.78, 5) is 48.6. The molecule has 0 unspecified atom stereocenters. The summed E-state index contributed by atoms with van der Waals surface area (Å²) in [5.74, 6) is -1.35. The Kier molecular flexibility index (Phi) is 8.35. The quantitative estimate of drug-likeness (QED) is 0.588. The van der Waals surface area contributed by atoms with Gasteiger partial charge in [0.05, 0.1) is 6.04 Å². The lowest BCUT2D eigenvalue weighted by Gasteiger charge is -2.31. The number of rotatable bonds is 8. The van der Waals surface area contributed by atoms with Gasteiger partial charge in [0.15, 0.2) is 0 Å². The van der Waals surface area contributed by atoms with Crippen molar-refractivity contribution < 1.29 is 19.2 Å². The predicted molar refractivity (Wildman–Crippen MR) is 108 cm³/mol. The van der Waals surface area contributed by atoms with Gasteiger partial charge in [-0.15, -0.1) is 0 Å². The number of aldehydes is 1. The highest BCUT2D eigenvalue weighted by Gasteiger charge is 2.34. The molecule has 0 heterocycles. The van der Waals surface area contributed by atoms with Gasteiger partial charge in [0.25, 0.3) is 5.91 Å². The van der Waals surface area contributed by atoms with E-state index >= 15 is 0 Å². The second-order valence-corrected chi connectivity index (χ2v) is 8.28. The summed E-state index contributed by atoms with van der Waals surface area (Å²) in [6.45, 7) is 10.7. The minimum atomic E-state index is -0.854. The molecule has 0 aliphatic carbocycles. The third-order valence-electron chi connectivity index (χ3n) is 4.37. The molecule has 0 aromatic heterocycles. The molecule has 0 aliphatic heterocycles. The number of hydrogen-bond donors (Lipinski definition) is 3. The Morgan fingerprint density at radius 3 is 1.93 bits per heavy atom. The first-order chi connectivity index (χ1) is 13.0. The SMILES string of the molecule is CC(C)[C@H](C=O)NC(=O)[C@H](C)NC(=O)[C@@H](NC(=O)c1ccccc1)C(C)(C)C. The topological polar surface area (TPSA) is 104 Å². The molecule has 3 N–H and O–H groups in total. The van der Waals surface area contributed by atoms with Crippen molar-refractivity contribution in [3.63, 3.8) is 0 Å². The molecule has 0 spiro atoms. The Morgan fingerprint density at radius 1 is 0.893 bits per heavy atom. The van der Waals surface area contributed by atoms with Crippen LogP contribution in [0.1, 0.15) is 51.9 Å². The van der Waals surface area contributed by atoms with E-state index in [1.807, 2.05) is 34.6 Å². The van der Waals surface area contributed by atoms with E-state index in [0.29, 0.717) is 11.8 Å². The molecule has 3 amide bonds. The predicted octanol–water partition coefficient (Wildman–Crippen LogP) is 1.68. The van der Waals surface area contributed by atoms with Gasteiger partial charge in [-0.25, -0.2) is 0 Å². The first-order valence-corrected chi connectivity index (χ1v) is 9.39. The van der Waals surface area contributed by atoms with Gasteiger partial charge in [-0.05, 0) is 30.4 Å². The molecule has 1 rings (SSSR count). The van der Waals surface area contributed by atoms with Gasteiger partial charge in [0.1, 0.15) is 18.4 Å². The average Bonchev–Trinajstić information content (AvgIpc) is 2.62. The van der Waals surface area contributed by atoms with Crippen LogP contribution in [0.2, 0.25) is 0 Å². The summed E-state index contributed by atoms with van der Waals surface area (Å²) in [5.41, 5.74) is -0.130. The molecule has 7 nitrogen and oxygen atoms in total. The van der Waals surface area contributed by atoms with Gasteiger partial charge < -0.3 is 20.7 Å². The van der Waals surface area contributed by atoms with Gasteiger partial charge in [0, 0.05) is 5.56 Å². The van der Waals surface area contributed by atoms with Gasteiger partial charge in [0.2, 0.25) is 11.8 Å². The van der Waals surface area contributed by atoms with Crippen LogP contribution in [0.4, 0.5) is 0 Å². The van der Waals surface area contributed by atoms with Crippen LogP contribution < -0.4 is 16.0 Å². The molecular formula is C21H31N3O4. The fourth-order valence-electron chi connectivity index (χ4n) is 2.49. The number of nitrogens with one attached hydrogen (secondary N) is 3. The van der Waals surface area contributed by atoms with Crippen molar-refractivity contribution in [2.24, 2.45) is 11.3 Å². The van der Waals surface area contributed by atoms with Crippen LogP contribution in [-0.4, -0.2) is 42.1 Å². The summed E-state index contributed by atoms with van der Waals surface area (Å²) >= 11 is 0. The fourth-order valence-corrected chi connectivity index (χ4v) is 2.49. The van der Waals surface area contributed by atoms with Crippen molar-refractivity contribution in [1.29, 1.82) is 0 Å².